The molecule has 4 aliphatic rings. The molecule has 6 heterocycles. The first kappa shape index (κ1) is 27.9. The molecule has 1 aromatic carbocycles. The summed E-state index contributed by atoms with van der Waals surface area (Å²) in [5.74, 6) is 1.97. The van der Waals surface area contributed by atoms with Crippen LogP contribution in [0.15, 0.2) is 24.5 Å². The van der Waals surface area contributed by atoms with Gasteiger partial charge in [-0.05, 0) is 75.2 Å². The van der Waals surface area contributed by atoms with E-state index < -0.39 is 0 Å². The summed E-state index contributed by atoms with van der Waals surface area (Å²) in [6.45, 7) is 9.80. The zero-order valence-corrected chi connectivity index (χ0v) is 25.7. The third-order valence-electron chi connectivity index (χ3n) is 9.95. The lowest BCUT2D eigenvalue weighted by molar-refractivity contribution is -0.129. The van der Waals surface area contributed by atoms with Gasteiger partial charge in [-0.15, -0.1) is 0 Å². The topological polar surface area (TPSA) is 74.5 Å². The van der Waals surface area contributed by atoms with Gasteiger partial charge in [0.2, 0.25) is 5.91 Å². The van der Waals surface area contributed by atoms with Gasteiger partial charge in [-0.1, -0.05) is 11.6 Å². The number of aromatic nitrogens is 4. The fraction of sp³-hybridized carbons (Fsp3) is 0.594. The minimum absolute atomic E-state index is 0.133. The molecule has 0 saturated carbocycles. The second-order valence-corrected chi connectivity index (χ2v) is 13.1. The molecule has 2 aromatic heterocycles. The highest BCUT2D eigenvalue weighted by Gasteiger charge is 2.34. The molecule has 0 bridgehead atoms. The maximum atomic E-state index is 12.5. The van der Waals surface area contributed by atoms with Crippen molar-refractivity contribution in [1.82, 2.24) is 34.7 Å². The Morgan fingerprint density at radius 3 is 2.62 bits per heavy atom. The van der Waals surface area contributed by atoms with Gasteiger partial charge in [-0.25, -0.2) is 0 Å². The van der Waals surface area contributed by atoms with E-state index >= 15 is 0 Å². The van der Waals surface area contributed by atoms with E-state index in [0.717, 1.165) is 105 Å². The van der Waals surface area contributed by atoms with Gasteiger partial charge < -0.3 is 20.0 Å². The zero-order valence-electron chi connectivity index (χ0n) is 25.0. The Kier molecular flexibility index (Phi) is 7.75. The van der Waals surface area contributed by atoms with Crippen molar-refractivity contribution in [2.24, 2.45) is 13.0 Å². The van der Waals surface area contributed by atoms with Gasteiger partial charge in [-0.2, -0.15) is 10.2 Å². The van der Waals surface area contributed by atoms with E-state index in [9.17, 15) is 4.79 Å². The van der Waals surface area contributed by atoms with Crippen molar-refractivity contribution >= 4 is 29.0 Å². The molecule has 7 rings (SSSR count). The van der Waals surface area contributed by atoms with E-state index in [0.29, 0.717) is 12.6 Å². The number of anilines is 2. The largest absolute Gasteiger partial charge is 0.338 e. The molecule has 0 unspecified atom stereocenters. The quantitative estimate of drug-likeness (QED) is 0.470. The summed E-state index contributed by atoms with van der Waals surface area (Å²) in [6, 6.07) is 4.76. The van der Waals surface area contributed by atoms with Crippen molar-refractivity contribution in [3.8, 4) is 11.1 Å². The van der Waals surface area contributed by atoms with Crippen LogP contribution in [0.5, 0.6) is 0 Å². The van der Waals surface area contributed by atoms with Gasteiger partial charge in [0.05, 0.1) is 23.8 Å². The van der Waals surface area contributed by atoms with E-state index in [2.05, 4.69) is 37.0 Å². The van der Waals surface area contributed by atoms with Gasteiger partial charge >= 0.3 is 0 Å². The number of hydrogen-bond donors (Lipinski definition) is 1. The van der Waals surface area contributed by atoms with Gasteiger partial charge in [0.25, 0.3) is 0 Å². The molecule has 1 amide bonds. The Balaban J connectivity index is 1.19. The van der Waals surface area contributed by atoms with Crippen molar-refractivity contribution in [2.45, 2.75) is 64.5 Å². The average Bonchev–Trinajstić information content (AvgIpc) is 3.61. The zero-order chi connectivity index (χ0) is 28.8. The molecule has 42 heavy (non-hydrogen) atoms. The molecule has 9 nitrogen and oxygen atoms in total. The number of likely N-dealkylation sites (tertiary alicyclic amines) is 1. The number of aryl methyl sites for hydroxylation is 2. The fourth-order valence-electron chi connectivity index (χ4n) is 7.60. The van der Waals surface area contributed by atoms with Gasteiger partial charge in [0.15, 0.2) is 5.82 Å². The minimum Gasteiger partial charge on any atom is -0.338 e. The van der Waals surface area contributed by atoms with Gasteiger partial charge in [0.1, 0.15) is 0 Å². The molecule has 0 radical (unpaired) electrons. The molecule has 0 atom stereocenters. The summed E-state index contributed by atoms with van der Waals surface area (Å²) in [6.07, 6.45) is 11.7. The predicted octanol–water partition coefficient (Wildman–Crippen LogP) is 4.56. The summed E-state index contributed by atoms with van der Waals surface area (Å²) in [5.41, 5.74) is 7.03. The molecular weight excluding hydrogens is 548 g/mol. The molecule has 1 N–H and O–H groups in total. The van der Waals surface area contributed by atoms with Crippen molar-refractivity contribution < 1.29 is 4.79 Å². The highest BCUT2D eigenvalue weighted by molar-refractivity contribution is 6.33. The average molecular weight is 591 g/mol. The Hall–Kier alpha value is -2.88. The van der Waals surface area contributed by atoms with Crippen LogP contribution in [0.3, 0.4) is 0 Å². The Labute approximate surface area is 253 Å². The monoisotopic (exact) mass is 590 g/mol. The number of rotatable bonds is 5. The molecule has 3 aromatic rings. The highest BCUT2D eigenvalue weighted by atomic mass is 35.5. The number of fused-ring (bicyclic) bond motifs is 2. The summed E-state index contributed by atoms with van der Waals surface area (Å²) < 4.78 is 4.18. The number of nitrogens with one attached hydrogen (secondary N) is 1. The van der Waals surface area contributed by atoms with Crippen LogP contribution in [0.1, 0.15) is 61.9 Å². The van der Waals surface area contributed by atoms with Crippen LogP contribution in [0.25, 0.3) is 11.1 Å². The first-order valence-electron chi connectivity index (χ1n) is 15.8. The maximum absolute atomic E-state index is 12.5. The van der Waals surface area contributed by atoms with E-state index in [4.69, 9.17) is 16.7 Å². The molecule has 2 saturated heterocycles. The Morgan fingerprint density at radius 1 is 1.07 bits per heavy atom. The lowest BCUT2D eigenvalue weighted by atomic mass is 9.95. The van der Waals surface area contributed by atoms with Crippen LogP contribution in [-0.4, -0.2) is 81.1 Å². The molecule has 4 aliphatic heterocycles. The lowest BCUT2D eigenvalue weighted by Crippen LogP contribution is -2.41. The first-order valence-corrected chi connectivity index (χ1v) is 16.2. The molecular formula is C32H43ClN8O. The molecule has 10 heteroatoms. The van der Waals surface area contributed by atoms with Crippen LogP contribution < -0.4 is 10.2 Å². The number of piperidine rings is 2. The Morgan fingerprint density at radius 2 is 1.88 bits per heavy atom. The molecule has 224 valence electrons. The third kappa shape index (κ3) is 5.35. The Bertz CT molecular complexity index is 1450. The fourth-order valence-corrected chi connectivity index (χ4v) is 7.87. The number of nitrogens with zero attached hydrogens (tertiary/aromatic N) is 7. The van der Waals surface area contributed by atoms with Crippen LogP contribution in [0, 0.1) is 5.92 Å². The number of benzene rings is 1. The number of carbonyl (C=O) groups excluding carboxylic acids is 1. The van der Waals surface area contributed by atoms with Gasteiger partial charge in [-0.3, -0.25) is 14.2 Å². The summed E-state index contributed by atoms with van der Waals surface area (Å²) in [5, 5.41) is 14.0. The molecule has 0 spiro atoms. The van der Waals surface area contributed by atoms with Crippen LogP contribution in [0.2, 0.25) is 5.02 Å². The predicted molar refractivity (Wildman–Crippen MR) is 166 cm³/mol. The number of halogens is 1. The first-order chi connectivity index (χ1) is 20.4. The highest BCUT2D eigenvalue weighted by Crippen LogP contribution is 2.43. The lowest BCUT2D eigenvalue weighted by Gasteiger charge is -2.36. The minimum atomic E-state index is 0.133. The second kappa shape index (κ2) is 11.7. The van der Waals surface area contributed by atoms with Crippen molar-refractivity contribution in [1.29, 1.82) is 0 Å². The number of amides is 1. The van der Waals surface area contributed by atoms with E-state index in [-0.39, 0.29) is 5.91 Å². The summed E-state index contributed by atoms with van der Waals surface area (Å²) >= 11 is 6.93. The summed E-state index contributed by atoms with van der Waals surface area (Å²) in [7, 11) is 1.93. The smallest absolute Gasteiger partial charge is 0.219 e. The van der Waals surface area contributed by atoms with Crippen LogP contribution in [0.4, 0.5) is 11.5 Å². The normalized spacial score (nSPS) is 20.5. The standard InChI is InChI=1S/C32H43ClN8O/c1-22(42)39-15-9-30-28(21-39)32(36-41(30)26-7-13-38(14-8-26)19-23-5-10-34-11-6-23)40-12-3-4-24-16-27(29(33)17-31(24)40)25-18-35-37(2)20-25/h16-18,20,23,26,34H,3-15,19,21H2,1-2H3. The molecule has 0 aliphatic carbocycles. The SMILES string of the molecule is CC(=O)N1CCc2c(c(N3CCCc4cc(-c5cnn(C)c5)c(Cl)cc43)nn2C2CCN(CC3CCNCC3)CC2)C1. The van der Waals surface area contributed by atoms with Gasteiger partial charge in [0, 0.05) is 87.4 Å². The molecule has 2 fully saturated rings. The second-order valence-electron chi connectivity index (χ2n) is 12.7. The van der Waals surface area contributed by atoms with E-state index in [1.54, 1.807) is 6.92 Å². The third-order valence-corrected chi connectivity index (χ3v) is 10.3. The van der Waals surface area contributed by atoms with E-state index in [1.807, 2.05) is 29.0 Å². The maximum Gasteiger partial charge on any atom is 0.219 e. The van der Waals surface area contributed by atoms with Crippen molar-refractivity contribution in [3.63, 3.8) is 0 Å². The number of hydrogen-bond acceptors (Lipinski definition) is 6. The van der Waals surface area contributed by atoms with Crippen molar-refractivity contribution in [2.75, 3.05) is 50.7 Å². The van der Waals surface area contributed by atoms with Crippen LogP contribution in [-0.2, 0) is 31.2 Å². The van der Waals surface area contributed by atoms with Crippen molar-refractivity contribution in [3.05, 3.63) is 46.4 Å². The van der Waals surface area contributed by atoms with Crippen LogP contribution >= 0.6 is 11.6 Å². The number of carbonyl (C=O) groups is 1. The summed E-state index contributed by atoms with van der Waals surface area (Å²) in [4.78, 5) is 19.5. The van der Waals surface area contributed by atoms with E-state index in [1.165, 1.54) is 36.2 Å².